The van der Waals surface area contributed by atoms with Crippen LogP contribution in [0.3, 0.4) is 0 Å². The normalized spacial score (nSPS) is 20.1. The van der Waals surface area contributed by atoms with E-state index in [1.807, 2.05) is 91.1 Å². The number of aliphatic imine (C=N–C) groups is 1. The summed E-state index contributed by atoms with van der Waals surface area (Å²) in [4.78, 5) is 4.72. The minimum Gasteiger partial charge on any atom is -0.487 e. The Hall–Kier alpha value is -4.06. The molecule has 2 heterocycles. The summed E-state index contributed by atoms with van der Waals surface area (Å²) in [6.45, 7) is 0. The van der Waals surface area contributed by atoms with Gasteiger partial charge < -0.3 is 9.47 Å². The monoisotopic (exact) mass is 471 g/mol. The maximum Gasteiger partial charge on any atom is 0.573 e. The highest BCUT2D eigenvalue weighted by atomic mass is 19.4. The predicted molar refractivity (Wildman–Crippen MR) is 128 cm³/mol. The molecule has 0 amide bonds. The van der Waals surface area contributed by atoms with Gasteiger partial charge in [0.05, 0.1) is 11.1 Å². The molecule has 1 spiro atoms. The zero-order valence-corrected chi connectivity index (χ0v) is 18.4. The lowest BCUT2D eigenvalue weighted by molar-refractivity contribution is -0.274. The van der Waals surface area contributed by atoms with E-state index in [0.717, 1.165) is 27.9 Å². The Bertz CT molecular complexity index is 1360. The smallest absolute Gasteiger partial charge is 0.487 e. The molecule has 0 saturated heterocycles. The Morgan fingerprint density at radius 2 is 1.40 bits per heavy atom. The second kappa shape index (κ2) is 8.01. The number of hydrogen-bond acceptors (Lipinski definition) is 3. The standard InChI is InChI=1S/C29H20F3NO2/c30-29(31,32)35-21-15-16-23-25(17-21)34-27(28(23)18-33-24-14-8-7-13-22(24)28)26(19-9-3-1-4-10-19)20-11-5-2-6-12-20/h1-18,26-27H. The quantitative estimate of drug-likeness (QED) is 0.316. The Kier molecular flexibility index (Phi) is 4.92. The lowest BCUT2D eigenvalue weighted by Crippen LogP contribution is -2.43. The summed E-state index contributed by atoms with van der Waals surface area (Å²) in [6.07, 6.45) is -3.39. The third-order valence-corrected chi connectivity index (χ3v) is 6.71. The number of nitrogens with zero attached hydrogens (tertiary/aromatic N) is 1. The first kappa shape index (κ1) is 21.5. The van der Waals surface area contributed by atoms with Gasteiger partial charge in [-0.1, -0.05) is 84.9 Å². The Morgan fingerprint density at radius 3 is 2.06 bits per heavy atom. The zero-order valence-electron chi connectivity index (χ0n) is 18.4. The third-order valence-electron chi connectivity index (χ3n) is 6.71. The van der Waals surface area contributed by atoms with Crippen LogP contribution in [0.4, 0.5) is 18.9 Å². The van der Waals surface area contributed by atoms with Crippen molar-refractivity contribution in [1.82, 2.24) is 0 Å². The van der Waals surface area contributed by atoms with Gasteiger partial charge in [0.25, 0.3) is 0 Å². The van der Waals surface area contributed by atoms with Gasteiger partial charge in [-0.25, -0.2) is 0 Å². The van der Waals surface area contributed by atoms with Crippen molar-refractivity contribution in [3.05, 3.63) is 125 Å². The van der Waals surface area contributed by atoms with Crippen LogP contribution in [-0.2, 0) is 5.41 Å². The number of halogens is 3. The summed E-state index contributed by atoms with van der Waals surface area (Å²) in [5.74, 6) is -0.169. The van der Waals surface area contributed by atoms with E-state index >= 15 is 0 Å². The van der Waals surface area contributed by atoms with Crippen molar-refractivity contribution in [3.63, 3.8) is 0 Å². The predicted octanol–water partition coefficient (Wildman–Crippen LogP) is 7.18. The van der Waals surface area contributed by atoms with E-state index in [1.165, 1.54) is 12.1 Å². The fourth-order valence-electron chi connectivity index (χ4n) is 5.33. The third kappa shape index (κ3) is 3.57. The maximum atomic E-state index is 12.9. The first-order valence-electron chi connectivity index (χ1n) is 11.3. The maximum absolute atomic E-state index is 12.9. The van der Waals surface area contributed by atoms with Crippen molar-refractivity contribution >= 4 is 11.9 Å². The van der Waals surface area contributed by atoms with Crippen LogP contribution in [0.1, 0.15) is 28.2 Å². The molecule has 4 aromatic carbocycles. The first-order valence-corrected chi connectivity index (χ1v) is 11.3. The summed E-state index contributed by atoms with van der Waals surface area (Å²) < 4.78 is 49.6. The molecule has 2 aliphatic rings. The number of alkyl halides is 3. The van der Waals surface area contributed by atoms with Gasteiger partial charge in [0.1, 0.15) is 17.6 Å². The van der Waals surface area contributed by atoms with Crippen molar-refractivity contribution in [2.75, 3.05) is 0 Å². The summed E-state index contributed by atoms with van der Waals surface area (Å²) in [5, 5.41) is 0. The van der Waals surface area contributed by atoms with E-state index in [-0.39, 0.29) is 11.7 Å². The Balaban J connectivity index is 1.57. The number of ether oxygens (including phenoxy) is 2. The number of para-hydroxylation sites is 1. The van der Waals surface area contributed by atoms with Crippen LogP contribution in [0.5, 0.6) is 11.5 Å². The zero-order chi connectivity index (χ0) is 24.0. The minimum absolute atomic E-state index is 0.214. The van der Waals surface area contributed by atoms with Gasteiger partial charge in [-0.2, -0.15) is 0 Å². The lowest BCUT2D eigenvalue weighted by Gasteiger charge is -2.35. The van der Waals surface area contributed by atoms with E-state index in [2.05, 4.69) is 4.74 Å². The molecular formula is C29H20F3NO2. The van der Waals surface area contributed by atoms with Crippen molar-refractivity contribution in [1.29, 1.82) is 0 Å². The van der Waals surface area contributed by atoms with Crippen LogP contribution in [0.15, 0.2) is 108 Å². The Labute approximate surface area is 200 Å². The molecule has 0 radical (unpaired) electrons. The van der Waals surface area contributed by atoms with Crippen molar-refractivity contribution in [2.24, 2.45) is 4.99 Å². The molecule has 0 bridgehead atoms. The van der Waals surface area contributed by atoms with E-state index in [0.29, 0.717) is 5.75 Å². The van der Waals surface area contributed by atoms with Crippen molar-refractivity contribution < 1.29 is 22.6 Å². The minimum atomic E-state index is -4.79. The van der Waals surface area contributed by atoms with Crippen LogP contribution >= 0.6 is 0 Å². The first-order chi connectivity index (χ1) is 17.0. The molecule has 6 heteroatoms. The molecule has 0 N–H and O–H groups in total. The van der Waals surface area contributed by atoms with Crippen LogP contribution in [0.25, 0.3) is 0 Å². The fraction of sp³-hybridized carbons (Fsp3) is 0.138. The highest BCUT2D eigenvalue weighted by Crippen LogP contribution is 2.56. The van der Waals surface area contributed by atoms with Crippen molar-refractivity contribution in [3.8, 4) is 11.5 Å². The molecule has 174 valence electrons. The van der Waals surface area contributed by atoms with E-state index < -0.39 is 17.9 Å². The molecule has 0 aliphatic carbocycles. The highest BCUT2D eigenvalue weighted by Gasteiger charge is 2.56. The average Bonchev–Trinajstić information content (AvgIpc) is 3.39. The number of rotatable bonds is 4. The largest absolute Gasteiger partial charge is 0.573 e. The number of fused-ring (bicyclic) bond motifs is 4. The van der Waals surface area contributed by atoms with Gasteiger partial charge in [0, 0.05) is 23.8 Å². The van der Waals surface area contributed by atoms with Gasteiger partial charge in [-0.05, 0) is 28.8 Å². The van der Waals surface area contributed by atoms with Gasteiger partial charge in [0.15, 0.2) is 0 Å². The van der Waals surface area contributed by atoms with Gasteiger partial charge in [0.2, 0.25) is 0 Å². The second-order valence-electron chi connectivity index (χ2n) is 8.69. The summed E-state index contributed by atoms with van der Waals surface area (Å²) >= 11 is 0. The van der Waals surface area contributed by atoms with Gasteiger partial charge in [-0.3, -0.25) is 4.99 Å². The van der Waals surface area contributed by atoms with E-state index in [4.69, 9.17) is 9.73 Å². The molecule has 4 aromatic rings. The molecule has 0 fully saturated rings. The topological polar surface area (TPSA) is 30.8 Å². The summed E-state index contributed by atoms with van der Waals surface area (Å²) in [7, 11) is 0. The molecule has 3 nitrogen and oxygen atoms in total. The molecule has 0 aromatic heterocycles. The van der Waals surface area contributed by atoms with Crippen LogP contribution < -0.4 is 9.47 Å². The van der Waals surface area contributed by atoms with E-state index in [9.17, 15) is 13.2 Å². The fourth-order valence-corrected chi connectivity index (χ4v) is 5.33. The average molecular weight is 471 g/mol. The lowest BCUT2D eigenvalue weighted by atomic mass is 9.67. The van der Waals surface area contributed by atoms with Crippen LogP contribution in [0, 0.1) is 0 Å². The number of benzene rings is 4. The van der Waals surface area contributed by atoms with Crippen molar-refractivity contribution in [2.45, 2.75) is 23.8 Å². The molecular weight excluding hydrogens is 451 g/mol. The second-order valence-corrected chi connectivity index (χ2v) is 8.69. The summed E-state index contributed by atoms with van der Waals surface area (Å²) in [5.41, 5.74) is 3.86. The van der Waals surface area contributed by atoms with E-state index in [1.54, 1.807) is 6.07 Å². The molecule has 2 atom stereocenters. The number of hydrogen-bond donors (Lipinski definition) is 0. The van der Waals surface area contributed by atoms with Gasteiger partial charge in [-0.15, -0.1) is 13.2 Å². The SMILES string of the molecule is FC(F)(F)Oc1ccc2c(c1)OC(C(c1ccccc1)c1ccccc1)C21C=Nc2ccccc21. The summed E-state index contributed by atoms with van der Waals surface area (Å²) in [6, 6.07) is 32.2. The van der Waals surface area contributed by atoms with Crippen LogP contribution in [0.2, 0.25) is 0 Å². The molecule has 35 heavy (non-hydrogen) atoms. The molecule has 6 rings (SSSR count). The van der Waals surface area contributed by atoms with Crippen LogP contribution in [-0.4, -0.2) is 18.7 Å². The van der Waals surface area contributed by atoms with Gasteiger partial charge >= 0.3 is 6.36 Å². The molecule has 2 aliphatic heterocycles. The molecule has 2 unspecified atom stereocenters. The molecule has 0 saturated carbocycles. The highest BCUT2D eigenvalue weighted by molar-refractivity contribution is 5.92. The Morgan fingerprint density at radius 1 is 0.771 bits per heavy atom.